The zero-order chi connectivity index (χ0) is 8.53. The van der Waals surface area contributed by atoms with E-state index in [1.165, 1.54) is 0 Å². The van der Waals surface area contributed by atoms with E-state index in [1.54, 1.807) is 13.0 Å². The Hall–Kier alpha value is -1.11. The van der Waals surface area contributed by atoms with E-state index < -0.39 is 0 Å². The van der Waals surface area contributed by atoms with Crippen molar-refractivity contribution in [3.05, 3.63) is 36.0 Å². The van der Waals surface area contributed by atoms with Gasteiger partial charge in [0.05, 0.1) is 0 Å². The third-order valence-electron chi connectivity index (χ3n) is 1.19. The van der Waals surface area contributed by atoms with E-state index in [-0.39, 0.29) is 0 Å². The van der Waals surface area contributed by atoms with Crippen LogP contribution in [0.5, 0.6) is 0 Å². The van der Waals surface area contributed by atoms with Crippen LogP contribution in [0, 0.1) is 0 Å². The first-order valence-electron chi connectivity index (χ1n) is 3.71. The van der Waals surface area contributed by atoms with Crippen molar-refractivity contribution in [2.75, 3.05) is 0 Å². The summed E-state index contributed by atoms with van der Waals surface area (Å²) < 4.78 is 0. The van der Waals surface area contributed by atoms with E-state index in [0.29, 0.717) is 0 Å². The summed E-state index contributed by atoms with van der Waals surface area (Å²) in [6, 6.07) is 0. The Bertz CT molecular complexity index is 185. The van der Waals surface area contributed by atoms with Gasteiger partial charge in [0, 0.05) is 0 Å². The van der Waals surface area contributed by atoms with Gasteiger partial charge in [0.25, 0.3) is 0 Å². The van der Waals surface area contributed by atoms with Gasteiger partial charge in [0.15, 0.2) is 0 Å². The minimum Gasteiger partial charge on any atom is -0.298 e. The van der Waals surface area contributed by atoms with Gasteiger partial charge in [-0.2, -0.15) is 0 Å². The van der Waals surface area contributed by atoms with Gasteiger partial charge in [-0.25, -0.2) is 0 Å². The third-order valence-corrected chi connectivity index (χ3v) is 1.19. The van der Waals surface area contributed by atoms with Gasteiger partial charge in [-0.1, -0.05) is 30.4 Å². The Kier molecular flexibility index (Phi) is 6.30. The van der Waals surface area contributed by atoms with Crippen LogP contribution in [-0.4, -0.2) is 6.29 Å². The zero-order valence-corrected chi connectivity index (χ0v) is 7.08. The van der Waals surface area contributed by atoms with Crippen LogP contribution >= 0.6 is 0 Å². The minimum atomic E-state index is 0.752. The van der Waals surface area contributed by atoms with Crippen molar-refractivity contribution in [1.29, 1.82) is 0 Å². The molecule has 0 N–H and O–H groups in total. The smallest absolute Gasteiger partial charge is 0.145 e. The van der Waals surface area contributed by atoms with Crippen LogP contribution in [0.2, 0.25) is 0 Å². The maximum absolute atomic E-state index is 10.1. The van der Waals surface area contributed by atoms with Gasteiger partial charge in [0.1, 0.15) is 6.29 Å². The maximum Gasteiger partial charge on any atom is 0.145 e. The average molecular weight is 150 g/mol. The van der Waals surface area contributed by atoms with Gasteiger partial charge in [-0.05, 0) is 25.8 Å². The fraction of sp³-hybridized carbons (Fsp3) is 0.300. The molecule has 1 heteroatoms. The molecule has 0 saturated carbocycles. The highest BCUT2D eigenvalue weighted by molar-refractivity contribution is 5.72. The number of allylic oxidation sites excluding steroid dienone is 6. The van der Waals surface area contributed by atoms with E-state index in [0.717, 1.165) is 18.3 Å². The number of carbonyl (C=O) groups excluding carboxylic acids is 1. The van der Waals surface area contributed by atoms with Crippen LogP contribution in [0.25, 0.3) is 0 Å². The summed E-state index contributed by atoms with van der Waals surface area (Å²) in [5.41, 5.74) is 0.752. The molecule has 0 saturated heterocycles. The van der Waals surface area contributed by atoms with Crippen LogP contribution in [0.3, 0.4) is 0 Å². The van der Waals surface area contributed by atoms with Crippen molar-refractivity contribution in [3.8, 4) is 0 Å². The zero-order valence-electron chi connectivity index (χ0n) is 7.08. The van der Waals surface area contributed by atoms with Crippen LogP contribution in [-0.2, 0) is 4.79 Å². The monoisotopic (exact) mass is 150 g/mol. The lowest BCUT2D eigenvalue weighted by atomic mass is 10.3. The lowest BCUT2D eigenvalue weighted by molar-refractivity contribution is -0.104. The molecular weight excluding hydrogens is 136 g/mol. The van der Waals surface area contributed by atoms with Gasteiger partial charge >= 0.3 is 0 Å². The van der Waals surface area contributed by atoms with Gasteiger partial charge in [-0.15, -0.1) is 0 Å². The predicted octanol–water partition coefficient (Wildman–Crippen LogP) is 2.65. The fourth-order valence-electron chi connectivity index (χ4n) is 0.552. The van der Waals surface area contributed by atoms with Crippen LogP contribution < -0.4 is 0 Å². The van der Waals surface area contributed by atoms with Gasteiger partial charge in [0.2, 0.25) is 0 Å². The molecule has 0 rings (SSSR count). The lowest BCUT2D eigenvalue weighted by Crippen LogP contribution is -1.71. The molecular formula is C10H14O. The Morgan fingerprint density at radius 2 is 2.09 bits per heavy atom. The van der Waals surface area contributed by atoms with Crippen molar-refractivity contribution in [2.45, 2.75) is 20.3 Å². The summed E-state index contributed by atoms with van der Waals surface area (Å²) >= 11 is 0. The first kappa shape index (κ1) is 9.89. The molecule has 0 radical (unpaired) electrons. The standard InChI is InChI=1S/C10H14O/c1-3-4-5-6-7-8-10(2)9-11/h3-4,6-9H,5H2,1-2H3/b4-3-,7-6-,10-8+. The Labute approximate surface area is 68.1 Å². The number of aldehydes is 1. The Morgan fingerprint density at radius 3 is 2.64 bits per heavy atom. The molecule has 11 heavy (non-hydrogen) atoms. The molecule has 0 aliphatic heterocycles. The second-order valence-corrected chi connectivity index (χ2v) is 2.26. The summed E-state index contributed by atoms with van der Waals surface area (Å²) in [6.07, 6.45) is 11.5. The molecule has 0 aromatic heterocycles. The maximum atomic E-state index is 10.1. The average Bonchev–Trinajstić information content (AvgIpc) is 2.04. The van der Waals surface area contributed by atoms with E-state index in [2.05, 4.69) is 6.08 Å². The van der Waals surface area contributed by atoms with E-state index in [9.17, 15) is 4.79 Å². The first-order chi connectivity index (χ1) is 5.31. The van der Waals surface area contributed by atoms with E-state index in [4.69, 9.17) is 0 Å². The molecule has 1 nitrogen and oxygen atoms in total. The van der Waals surface area contributed by atoms with Crippen LogP contribution in [0.4, 0.5) is 0 Å². The van der Waals surface area contributed by atoms with Crippen molar-refractivity contribution in [1.82, 2.24) is 0 Å². The molecule has 0 spiro atoms. The highest BCUT2D eigenvalue weighted by atomic mass is 16.1. The SMILES string of the molecule is C/C=C\C/C=C\C=C(/C)C=O. The molecule has 0 aliphatic rings. The number of rotatable bonds is 4. The summed E-state index contributed by atoms with van der Waals surface area (Å²) in [5.74, 6) is 0. The Morgan fingerprint density at radius 1 is 1.36 bits per heavy atom. The number of hydrogen-bond donors (Lipinski definition) is 0. The molecule has 0 aromatic carbocycles. The topological polar surface area (TPSA) is 17.1 Å². The first-order valence-corrected chi connectivity index (χ1v) is 3.71. The Balaban J connectivity index is 3.67. The molecule has 60 valence electrons. The molecule has 0 amide bonds. The van der Waals surface area contributed by atoms with Crippen molar-refractivity contribution in [3.63, 3.8) is 0 Å². The normalized spacial score (nSPS) is 13.1. The quantitative estimate of drug-likeness (QED) is 0.260. The molecule has 0 fully saturated rings. The molecule has 0 unspecified atom stereocenters. The minimum absolute atomic E-state index is 0.752. The third kappa shape index (κ3) is 6.78. The summed E-state index contributed by atoms with van der Waals surface area (Å²) in [4.78, 5) is 10.1. The molecule has 0 bridgehead atoms. The van der Waals surface area contributed by atoms with Crippen LogP contribution in [0.1, 0.15) is 20.3 Å². The molecule has 0 aliphatic carbocycles. The second kappa shape index (κ2) is 7.00. The second-order valence-electron chi connectivity index (χ2n) is 2.26. The lowest BCUT2D eigenvalue weighted by Gasteiger charge is -1.81. The van der Waals surface area contributed by atoms with Gasteiger partial charge < -0.3 is 0 Å². The fourth-order valence-corrected chi connectivity index (χ4v) is 0.552. The molecule has 0 heterocycles. The van der Waals surface area contributed by atoms with E-state index >= 15 is 0 Å². The molecule has 0 aromatic rings. The van der Waals surface area contributed by atoms with E-state index in [1.807, 2.05) is 25.2 Å². The van der Waals surface area contributed by atoms with Gasteiger partial charge in [-0.3, -0.25) is 4.79 Å². The van der Waals surface area contributed by atoms with Crippen molar-refractivity contribution >= 4 is 6.29 Å². The van der Waals surface area contributed by atoms with Crippen molar-refractivity contribution < 1.29 is 4.79 Å². The highest BCUT2D eigenvalue weighted by Gasteiger charge is 1.76. The van der Waals surface area contributed by atoms with Crippen molar-refractivity contribution in [2.24, 2.45) is 0 Å². The highest BCUT2D eigenvalue weighted by Crippen LogP contribution is 1.90. The summed E-state index contributed by atoms with van der Waals surface area (Å²) in [7, 11) is 0. The largest absolute Gasteiger partial charge is 0.298 e. The summed E-state index contributed by atoms with van der Waals surface area (Å²) in [6.45, 7) is 3.77. The number of carbonyl (C=O) groups is 1. The summed E-state index contributed by atoms with van der Waals surface area (Å²) in [5, 5.41) is 0. The molecule has 0 atom stereocenters. The predicted molar refractivity (Wildman–Crippen MR) is 48.4 cm³/mol. The van der Waals surface area contributed by atoms with Crippen LogP contribution in [0.15, 0.2) is 36.0 Å². The number of hydrogen-bond acceptors (Lipinski definition) is 1.